The molecule has 2 unspecified atom stereocenters. The Balaban J connectivity index is 2.13. The minimum absolute atomic E-state index is 0.0358. The number of ether oxygens (including phenoxy) is 2. The topological polar surface area (TPSA) is 55.8 Å². The van der Waals surface area contributed by atoms with Gasteiger partial charge in [-0.05, 0) is 12.8 Å². The van der Waals surface area contributed by atoms with Crippen molar-refractivity contribution in [3.63, 3.8) is 0 Å². The number of carbonyl (C=O) groups is 1. The first-order valence-corrected chi connectivity index (χ1v) is 4.33. The zero-order valence-corrected chi connectivity index (χ0v) is 7.49. The Bertz CT molecular complexity index is 198. The molecule has 4 nitrogen and oxygen atoms in total. The molecule has 0 aliphatic carbocycles. The molecular weight excluding hydrogens is 198 g/mol. The fourth-order valence-corrected chi connectivity index (χ4v) is 1.30. The van der Waals surface area contributed by atoms with Gasteiger partial charge in [-0.3, -0.25) is 0 Å². The molecule has 1 saturated heterocycles. The summed E-state index contributed by atoms with van der Waals surface area (Å²) in [6.45, 7) is -0.592. The van der Waals surface area contributed by atoms with Crippen molar-refractivity contribution in [1.82, 2.24) is 0 Å². The number of hydrogen-bond acceptors (Lipinski definition) is 3. The minimum Gasteiger partial charge on any atom is -0.479 e. The Hall–Kier alpha value is -0.750. The Morgan fingerprint density at radius 2 is 2.29 bits per heavy atom. The van der Waals surface area contributed by atoms with Crippen LogP contribution in [-0.2, 0) is 14.3 Å². The van der Waals surface area contributed by atoms with E-state index in [1.807, 2.05) is 0 Å². The summed E-state index contributed by atoms with van der Waals surface area (Å²) < 4.78 is 33.0. The highest BCUT2D eigenvalue weighted by Gasteiger charge is 2.30. The first-order chi connectivity index (χ1) is 6.59. The molecule has 2 atom stereocenters. The van der Waals surface area contributed by atoms with Crippen molar-refractivity contribution < 1.29 is 28.2 Å². The molecule has 1 aliphatic rings. The number of carboxylic acid groups (broad SMARTS) is 1. The van der Waals surface area contributed by atoms with Gasteiger partial charge < -0.3 is 14.6 Å². The van der Waals surface area contributed by atoms with Gasteiger partial charge in [-0.25, -0.2) is 13.6 Å². The third-order valence-electron chi connectivity index (χ3n) is 1.93. The van der Waals surface area contributed by atoms with E-state index in [9.17, 15) is 13.6 Å². The number of alkyl halides is 2. The van der Waals surface area contributed by atoms with E-state index in [4.69, 9.17) is 9.84 Å². The molecule has 0 aromatic rings. The standard InChI is InChI=1S/C8H12F2O4/c9-7(10)4-13-3-5-1-2-6(14-5)8(11)12/h5-7H,1-4H2,(H,11,12). The lowest BCUT2D eigenvalue weighted by Gasteiger charge is -2.11. The summed E-state index contributed by atoms with van der Waals surface area (Å²) in [5.41, 5.74) is 0. The van der Waals surface area contributed by atoms with Crippen LogP contribution in [-0.4, -0.2) is 42.9 Å². The molecule has 0 bridgehead atoms. The van der Waals surface area contributed by atoms with E-state index >= 15 is 0 Å². The predicted molar refractivity (Wildman–Crippen MR) is 42.4 cm³/mol. The van der Waals surface area contributed by atoms with Gasteiger partial charge in [0.2, 0.25) is 0 Å². The highest BCUT2D eigenvalue weighted by atomic mass is 19.3. The van der Waals surface area contributed by atoms with E-state index in [1.165, 1.54) is 0 Å². The van der Waals surface area contributed by atoms with Crippen molar-refractivity contribution in [1.29, 1.82) is 0 Å². The normalized spacial score (nSPS) is 27.1. The Labute approximate surface area is 79.8 Å². The largest absolute Gasteiger partial charge is 0.479 e. The molecule has 0 saturated carbocycles. The summed E-state index contributed by atoms with van der Waals surface area (Å²) in [6.07, 6.45) is -2.71. The number of carboxylic acids is 1. The van der Waals surface area contributed by atoms with Crippen molar-refractivity contribution in [3.8, 4) is 0 Å². The van der Waals surface area contributed by atoms with E-state index in [0.29, 0.717) is 12.8 Å². The maximum Gasteiger partial charge on any atom is 0.332 e. The van der Waals surface area contributed by atoms with Crippen LogP contribution in [0.4, 0.5) is 8.78 Å². The molecule has 14 heavy (non-hydrogen) atoms. The van der Waals surface area contributed by atoms with Gasteiger partial charge in [-0.15, -0.1) is 0 Å². The van der Waals surface area contributed by atoms with Crippen LogP contribution in [0.25, 0.3) is 0 Å². The van der Waals surface area contributed by atoms with Gasteiger partial charge in [0.15, 0.2) is 6.10 Å². The van der Waals surface area contributed by atoms with Gasteiger partial charge in [0.05, 0.1) is 12.7 Å². The van der Waals surface area contributed by atoms with Crippen molar-refractivity contribution >= 4 is 5.97 Å². The molecule has 0 aromatic carbocycles. The van der Waals surface area contributed by atoms with E-state index < -0.39 is 25.1 Å². The van der Waals surface area contributed by atoms with E-state index in [1.54, 1.807) is 0 Å². The second kappa shape index (κ2) is 5.21. The van der Waals surface area contributed by atoms with Gasteiger partial charge in [0.25, 0.3) is 6.43 Å². The Morgan fingerprint density at radius 1 is 1.57 bits per heavy atom. The van der Waals surface area contributed by atoms with Gasteiger partial charge in [0.1, 0.15) is 6.61 Å². The van der Waals surface area contributed by atoms with Crippen molar-refractivity contribution in [2.75, 3.05) is 13.2 Å². The summed E-state index contributed by atoms with van der Waals surface area (Å²) in [4.78, 5) is 10.4. The van der Waals surface area contributed by atoms with Gasteiger partial charge in [-0.1, -0.05) is 0 Å². The third kappa shape index (κ3) is 3.55. The Kier molecular flexibility index (Phi) is 4.21. The highest BCUT2D eigenvalue weighted by Crippen LogP contribution is 2.20. The van der Waals surface area contributed by atoms with Crippen LogP contribution in [0.1, 0.15) is 12.8 Å². The molecule has 1 rings (SSSR count). The lowest BCUT2D eigenvalue weighted by atomic mass is 10.2. The molecule has 1 fully saturated rings. The van der Waals surface area contributed by atoms with Crippen molar-refractivity contribution in [2.45, 2.75) is 31.5 Å². The van der Waals surface area contributed by atoms with Crippen LogP contribution in [0, 0.1) is 0 Å². The van der Waals surface area contributed by atoms with Crippen LogP contribution in [0.3, 0.4) is 0 Å². The van der Waals surface area contributed by atoms with Crippen LogP contribution in [0.5, 0.6) is 0 Å². The van der Waals surface area contributed by atoms with Gasteiger partial charge in [-0.2, -0.15) is 0 Å². The summed E-state index contributed by atoms with van der Waals surface area (Å²) in [5.74, 6) is -1.01. The van der Waals surface area contributed by atoms with E-state index in [2.05, 4.69) is 4.74 Å². The first kappa shape index (κ1) is 11.3. The molecule has 0 spiro atoms. The summed E-state index contributed by atoms with van der Waals surface area (Å²) in [5, 5.41) is 8.56. The minimum atomic E-state index is -2.49. The zero-order valence-electron chi connectivity index (χ0n) is 7.49. The summed E-state index contributed by atoms with van der Waals surface area (Å²) >= 11 is 0. The molecular formula is C8H12F2O4. The average molecular weight is 210 g/mol. The number of halogens is 2. The van der Waals surface area contributed by atoms with Crippen LogP contribution < -0.4 is 0 Å². The second-order valence-corrected chi connectivity index (χ2v) is 3.09. The summed E-state index contributed by atoms with van der Waals surface area (Å²) in [7, 11) is 0. The molecule has 1 aliphatic heterocycles. The van der Waals surface area contributed by atoms with Crippen molar-refractivity contribution in [3.05, 3.63) is 0 Å². The van der Waals surface area contributed by atoms with E-state index in [-0.39, 0.29) is 12.7 Å². The fraction of sp³-hybridized carbons (Fsp3) is 0.875. The fourth-order valence-electron chi connectivity index (χ4n) is 1.30. The van der Waals surface area contributed by atoms with E-state index in [0.717, 1.165) is 0 Å². The second-order valence-electron chi connectivity index (χ2n) is 3.09. The Morgan fingerprint density at radius 3 is 2.79 bits per heavy atom. The number of rotatable bonds is 5. The monoisotopic (exact) mass is 210 g/mol. The van der Waals surface area contributed by atoms with Crippen LogP contribution >= 0.6 is 0 Å². The quantitative estimate of drug-likeness (QED) is 0.732. The lowest BCUT2D eigenvalue weighted by Crippen LogP contribution is -2.23. The predicted octanol–water partition coefficient (Wildman–Crippen LogP) is 0.900. The molecule has 6 heteroatoms. The maximum absolute atomic E-state index is 11.7. The van der Waals surface area contributed by atoms with Gasteiger partial charge in [0, 0.05) is 0 Å². The van der Waals surface area contributed by atoms with Gasteiger partial charge >= 0.3 is 5.97 Å². The summed E-state index contributed by atoms with van der Waals surface area (Å²) in [6, 6.07) is 0. The average Bonchev–Trinajstić information content (AvgIpc) is 2.52. The third-order valence-corrected chi connectivity index (χ3v) is 1.93. The lowest BCUT2D eigenvalue weighted by molar-refractivity contribution is -0.150. The number of aliphatic carboxylic acids is 1. The highest BCUT2D eigenvalue weighted by molar-refractivity contribution is 5.72. The molecule has 0 amide bonds. The molecule has 1 N–H and O–H groups in total. The molecule has 0 aromatic heterocycles. The molecule has 82 valence electrons. The maximum atomic E-state index is 11.7. The van der Waals surface area contributed by atoms with Crippen molar-refractivity contribution in [2.24, 2.45) is 0 Å². The molecule has 1 heterocycles. The first-order valence-electron chi connectivity index (χ1n) is 4.33. The molecule has 0 radical (unpaired) electrons. The van der Waals surface area contributed by atoms with Crippen LogP contribution in [0.2, 0.25) is 0 Å². The zero-order chi connectivity index (χ0) is 10.6. The number of hydrogen-bond donors (Lipinski definition) is 1. The SMILES string of the molecule is O=C(O)C1CCC(COCC(F)F)O1. The van der Waals surface area contributed by atoms with Crippen LogP contribution in [0.15, 0.2) is 0 Å². The smallest absolute Gasteiger partial charge is 0.332 e.